The summed E-state index contributed by atoms with van der Waals surface area (Å²) in [6.07, 6.45) is -3.48. The molecule has 0 spiro atoms. The van der Waals surface area contributed by atoms with Gasteiger partial charge in [-0.25, -0.2) is 0 Å². The Morgan fingerprint density at radius 1 is 1.21 bits per heavy atom. The first-order valence-corrected chi connectivity index (χ1v) is 5.88. The Morgan fingerprint density at radius 2 is 1.84 bits per heavy atom. The van der Waals surface area contributed by atoms with E-state index in [-0.39, 0.29) is 4.99 Å². The lowest BCUT2D eigenvalue weighted by atomic mass is 9.83. The van der Waals surface area contributed by atoms with Crippen LogP contribution in [0.5, 0.6) is 0 Å². The number of thiocarbonyl (C=S) groups is 1. The van der Waals surface area contributed by atoms with Gasteiger partial charge in [-0.15, -0.1) is 0 Å². The molecular formula is C13H9F3N2S. The van der Waals surface area contributed by atoms with E-state index in [0.29, 0.717) is 5.56 Å². The smallest absolute Gasteiger partial charge is 0.345 e. The summed E-state index contributed by atoms with van der Waals surface area (Å²) in [6, 6.07) is 10.5. The molecule has 1 heterocycles. The zero-order valence-electron chi connectivity index (χ0n) is 9.61. The minimum Gasteiger partial charge on any atom is -0.345 e. The average Bonchev–Trinajstić information content (AvgIpc) is 2.37. The topological polar surface area (TPSA) is 35.8 Å². The Balaban J connectivity index is 2.48. The SMILES string of the molecule is N#C[C@@H]1C(=S)NC(C(F)(F)F)=C[C@@H]1c1ccccc1. The van der Waals surface area contributed by atoms with Gasteiger partial charge in [0.05, 0.1) is 11.1 Å². The predicted molar refractivity (Wildman–Crippen MR) is 68.2 cm³/mol. The van der Waals surface area contributed by atoms with Crippen molar-refractivity contribution in [1.29, 1.82) is 5.26 Å². The Bertz CT molecular complexity index is 557. The number of rotatable bonds is 1. The molecule has 0 aliphatic carbocycles. The fourth-order valence-corrected chi connectivity index (χ4v) is 2.27. The fourth-order valence-electron chi connectivity index (χ4n) is 1.96. The lowest BCUT2D eigenvalue weighted by Crippen LogP contribution is -2.40. The standard InChI is InChI=1S/C13H9F3N2S/c14-13(15,16)11-6-9(8-4-2-1-3-5-8)10(7-17)12(19)18-11/h1-6,9-10H,(H,18,19)/t9-,10+/m1/s1. The van der Waals surface area contributed by atoms with Gasteiger partial charge in [0.1, 0.15) is 11.6 Å². The van der Waals surface area contributed by atoms with Crippen LogP contribution in [-0.2, 0) is 0 Å². The van der Waals surface area contributed by atoms with E-state index in [1.54, 1.807) is 30.3 Å². The van der Waals surface area contributed by atoms with Crippen molar-refractivity contribution in [2.75, 3.05) is 0 Å². The van der Waals surface area contributed by atoms with Crippen molar-refractivity contribution < 1.29 is 13.2 Å². The third kappa shape index (κ3) is 2.76. The van der Waals surface area contributed by atoms with Gasteiger partial charge < -0.3 is 5.32 Å². The minimum absolute atomic E-state index is 0.0915. The number of alkyl halides is 3. The van der Waals surface area contributed by atoms with Crippen LogP contribution >= 0.6 is 12.2 Å². The molecule has 1 aromatic rings. The maximum absolute atomic E-state index is 12.8. The monoisotopic (exact) mass is 282 g/mol. The Hall–Kier alpha value is -1.87. The van der Waals surface area contributed by atoms with E-state index in [9.17, 15) is 13.2 Å². The lowest BCUT2D eigenvalue weighted by molar-refractivity contribution is -0.0956. The largest absolute Gasteiger partial charge is 0.430 e. The minimum atomic E-state index is -4.50. The van der Waals surface area contributed by atoms with Crippen molar-refractivity contribution in [3.8, 4) is 6.07 Å². The molecule has 0 amide bonds. The highest BCUT2D eigenvalue weighted by atomic mass is 32.1. The molecule has 2 nitrogen and oxygen atoms in total. The van der Waals surface area contributed by atoms with Gasteiger partial charge in [-0.05, 0) is 11.6 Å². The molecule has 0 bridgehead atoms. The quantitative estimate of drug-likeness (QED) is 0.803. The zero-order valence-corrected chi connectivity index (χ0v) is 10.4. The molecule has 98 valence electrons. The van der Waals surface area contributed by atoms with Crippen LogP contribution in [0, 0.1) is 17.2 Å². The number of allylic oxidation sites excluding steroid dienone is 2. The molecule has 1 N–H and O–H groups in total. The van der Waals surface area contributed by atoms with Crippen LogP contribution in [-0.4, -0.2) is 11.2 Å². The van der Waals surface area contributed by atoms with Crippen LogP contribution in [0.4, 0.5) is 13.2 Å². The molecule has 0 aromatic heterocycles. The molecule has 1 aromatic carbocycles. The van der Waals surface area contributed by atoms with E-state index in [1.807, 2.05) is 6.07 Å². The van der Waals surface area contributed by atoms with Gasteiger partial charge in [0, 0.05) is 5.92 Å². The average molecular weight is 282 g/mol. The maximum Gasteiger partial charge on any atom is 0.430 e. The van der Waals surface area contributed by atoms with E-state index in [2.05, 4.69) is 5.32 Å². The van der Waals surface area contributed by atoms with Gasteiger partial charge in [-0.3, -0.25) is 0 Å². The highest BCUT2D eigenvalue weighted by Crippen LogP contribution is 2.35. The Kier molecular flexibility index (Phi) is 3.58. The Morgan fingerprint density at radius 3 is 2.37 bits per heavy atom. The second-order valence-corrected chi connectivity index (χ2v) is 4.55. The van der Waals surface area contributed by atoms with Crippen molar-refractivity contribution in [3.05, 3.63) is 47.7 Å². The number of hydrogen-bond acceptors (Lipinski definition) is 2. The van der Waals surface area contributed by atoms with E-state index in [4.69, 9.17) is 17.5 Å². The summed E-state index contributed by atoms with van der Waals surface area (Å²) >= 11 is 4.87. The molecular weight excluding hydrogens is 273 g/mol. The number of nitriles is 1. The van der Waals surface area contributed by atoms with E-state index in [0.717, 1.165) is 6.08 Å². The summed E-state index contributed by atoms with van der Waals surface area (Å²) in [5.74, 6) is -1.47. The van der Waals surface area contributed by atoms with Crippen molar-refractivity contribution in [3.63, 3.8) is 0 Å². The summed E-state index contributed by atoms with van der Waals surface area (Å²) in [5.41, 5.74) is -0.266. The van der Waals surface area contributed by atoms with Crippen LogP contribution in [0.2, 0.25) is 0 Å². The molecule has 0 unspecified atom stereocenters. The van der Waals surface area contributed by atoms with Gasteiger partial charge in [-0.2, -0.15) is 18.4 Å². The molecule has 0 saturated heterocycles. The lowest BCUT2D eigenvalue weighted by Gasteiger charge is -2.29. The molecule has 6 heteroatoms. The summed E-state index contributed by atoms with van der Waals surface area (Å²) in [4.78, 5) is -0.0915. The van der Waals surface area contributed by atoms with Crippen LogP contribution in [0.3, 0.4) is 0 Å². The van der Waals surface area contributed by atoms with Gasteiger partial charge in [0.2, 0.25) is 0 Å². The molecule has 2 rings (SSSR count). The first-order chi connectivity index (χ1) is 8.93. The van der Waals surface area contributed by atoms with Gasteiger partial charge in [0.15, 0.2) is 0 Å². The molecule has 0 fully saturated rings. The fraction of sp³-hybridized carbons (Fsp3) is 0.231. The van der Waals surface area contributed by atoms with Gasteiger partial charge in [-0.1, -0.05) is 42.5 Å². The first kappa shape index (κ1) is 13.6. The number of hydrogen-bond donors (Lipinski definition) is 1. The highest BCUT2D eigenvalue weighted by Gasteiger charge is 2.41. The molecule has 2 atom stereocenters. The normalized spacial score (nSPS) is 23.3. The molecule has 0 radical (unpaired) electrons. The van der Waals surface area contributed by atoms with Crippen molar-refractivity contribution >= 4 is 17.2 Å². The van der Waals surface area contributed by atoms with Crippen LogP contribution in [0.1, 0.15) is 11.5 Å². The third-order valence-corrected chi connectivity index (χ3v) is 3.23. The molecule has 19 heavy (non-hydrogen) atoms. The zero-order chi connectivity index (χ0) is 14.0. The number of halogens is 3. The summed E-state index contributed by atoms with van der Waals surface area (Å²) in [7, 11) is 0. The molecule has 1 aliphatic heterocycles. The van der Waals surface area contributed by atoms with E-state index >= 15 is 0 Å². The van der Waals surface area contributed by atoms with Gasteiger partial charge in [0.25, 0.3) is 0 Å². The summed E-state index contributed by atoms with van der Waals surface area (Å²) < 4.78 is 38.3. The van der Waals surface area contributed by atoms with Gasteiger partial charge >= 0.3 is 6.18 Å². The summed E-state index contributed by atoms with van der Waals surface area (Å²) in [6.45, 7) is 0. The van der Waals surface area contributed by atoms with E-state index in [1.165, 1.54) is 0 Å². The highest BCUT2D eigenvalue weighted by molar-refractivity contribution is 7.80. The van der Waals surface area contributed by atoms with Crippen LogP contribution in [0.25, 0.3) is 0 Å². The van der Waals surface area contributed by atoms with Crippen LogP contribution < -0.4 is 5.32 Å². The van der Waals surface area contributed by atoms with Crippen molar-refractivity contribution in [2.45, 2.75) is 12.1 Å². The third-order valence-electron chi connectivity index (χ3n) is 2.87. The van der Waals surface area contributed by atoms with Crippen LogP contribution in [0.15, 0.2) is 42.1 Å². The molecule has 1 aliphatic rings. The predicted octanol–water partition coefficient (Wildman–Crippen LogP) is 3.29. The first-order valence-electron chi connectivity index (χ1n) is 5.48. The van der Waals surface area contributed by atoms with Crippen molar-refractivity contribution in [1.82, 2.24) is 5.32 Å². The Labute approximate surface area is 113 Å². The maximum atomic E-state index is 12.8. The van der Waals surface area contributed by atoms with E-state index < -0.39 is 23.7 Å². The second kappa shape index (κ2) is 5.02. The number of nitrogens with zero attached hydrogens (tertiary/aromatic N) is 1. The van der Waals surface area contributed by atoms with Crippen molar-refractivity contribution in [2.24, 2.45) is 5.92 Å². The second-order valence-electron chi connectivity index (χ2n) is 4.11. The summed E-state index contributed by atoms with van der Waals surface area (Å²) in [5, 5.41) is 11.2. The number of benzene rings is 1. The number of nitrogens with one attached hydrogen (secondary N) is 1. The molecule has 0 saturated carbocycles.